The minimum atomic E-state index is 0.554. The van der Waals surface area contributed by atoms with Crippen LogP contribution in [0.2, 0.25) is 0 Å². The Morgan fingerprint density at radius 1 is 1.00 bits per heavy atom. The number of nitrogens with one attached hydrogen (secondary N) is 1. The molecular weight excluding hydrogens is 254 g/mol. The van der Waals surface area contributed by atoms with Crippen molar-refractivity contribution in [1.29, 1.82) is 0 Å². The summed E-state index contributed by atoms with van der Waals surface area (Å²) in [6.07, 6.45) is 3.55. The van der Waals surface area contributed by atoms with Gasteiger partial charge in [0.05, 0.1) is 0 Å². The zero-order valence-electron chi connectivity index (χ0n) is 13.3. The maximum Gasteiger partial charge on any atom is 0.0139 e. The zero-order chi connectivity index (χ0) is 14.8. The van der Waals surface area contributed by atoms with Gasteiger partial charge in [0.2, 0.25) is 0 Å². The van der Waals surface area contributed by atoms with Crippen molar-refractivity contribution < 1.29 is 0 Å². The van der Waals surface area contributed by atoms with Crippen LogP contribution in [0.4, 0.5) is 0 Å². The van der Waals surface area contributed by atoms with Crippen molar-refractivity contribution >= 4 is 0 Å². The van der Waals surface area contributed by atoms with Crippen LogP contribution in [0.3, 0.4) is 0 Å². The molecule has 1 heteroatoms. The van der Waals surface area contributed by atoms with Crippen molar-refractivity contribution in [3.63, 3.8) is 0 Å². The molecule has 1 N–H and O–H groups in total. The van der Waals surface area contributed by atoms with Gasteiger partial charge in [0, 0.05) is 6.04 Å². The predicted octanol–water partition coefficient (Wildman–Crippen LogP) is 3.85. The number of hydrogen-bond donors (Lipinski definition) is 1. The van der Waals surface area contributed by atoms with Gasteiger partial charge in [-0.15, -0.1) is 0 Å². The van der Waals surface area contributed by atoms with Crippen LogP contribution in [-0.2, 0) is 19.3 Å². The number of fused-ring (bicyclic) bond motifs is 1. The molecule has 110 valence electrons. The highest BCUT2D eigenvalue weighted by Gasteiger charge is 2.27. The molecule has 0 heterocycles. The lowest BCUT2D eigenvalue weighted by Gasteiger charge is -2.23. The van der Waals surface area contributed by atoms with Crippen molar-refractivity contribution in [3.8, 4) is 0 Å². The van der Waals surface area contributed by atoms with Crippen LogP contribution in [0.1, 0.15) is 27.8 Å². The van der Waals surface area contributed by atoms with Crippen molar-refractivity contribution in [3.05, 3.63) is 70.3 Å². The van der Waals surface area contributed by atoms with Gasteiger partial charge in [0.1, 0.15) is 0 Å². The smallest absolute Gasteiger partial charge is 0.0139 e. The van der Waals surface area contributed by atoms with E-state index in [4.69, 9.17) is 0 Å². The normalized spacial score (nSPS) is 16.0. The summed E-state index contributed by atoms with van der Waals surface area (Å²) in [5.41, 5.74) is 7.29. The fourth-order valence-corrected chi connectivity index (χ4v) is 3.82. The third-order valence-electron chi connectivity index (χ3n) is 4.76. The topological polar surface area (TPSA) is 12.0 Å². The predicted molar refractivity (Wildman–Crippen MR) is 89.8 cm³/mol. The Morgan fingerprint density at radius 3 is 2.10 bits per heavy atom. The van der Waals surface area contributed by atoms with E-state index in [1.165, 1.54) is 29.5 Å². The Hall–Kier alpha value is -1.60. The first-order valence-corrected chi connectivity index (χ1v) is 7.97. The number of hydrogen-bond acceptors (Lipinski definition) is 1. The summed E-state index contributed by atoms with van der Waals surface area (Å²) < 4.78 is 0. The average Bonchev–Trinajstić information content (AvgIpc) is 2.87. The van der Waals surface area contributed by atoms with Gasteiger partial charge in [-0.05, 0) is 62.8 Å². The fourth-order valence-electron chi connectivity index (χ4n) is 3.82. The summed E-state index contributed by atoms with van der Waals surface area (Å²) in [5, 5.41) is 3.57. The molecule has 0 aliphatic heterocycles. The second-order valence-electron chi connectivity index (χ2n) is 6.53. The van der Waals surface area contributed by atoms with Gasteiger partial charge in [-0.1, -0.05) is 53.6 Å². The highest BCUT2D eigenvalue weighted by Crippen LogP contribution is 2.30. The van der Waals surface area contributed by atoms with Crippen LogP contribution in [0.5, 0.6) is 0 Å². The molecular formula is C20H25N. The first-order valence-electron chi connectivity index (χ1n) is 7.97. The molecule has 2 aromatic carbocycles. The van der Waals surface area contributed by atoms with Crippen molar-refractivity contribution in [2.75, 3.05) is 7.05 Å². The van der Waals surface area contributed by atoms with Crippen LogP contribution < -0.4 is 5.32 Å². The standard InChI is InChI=1S/C20H25N/c1-14-8-15(2)10-16(9-14)11-20(21-3)19-12-17-6-4-5-7-18(17)13-19/h4-10,19-21H,11-13H2,1-3H3. The minimum absolute atomic E-state index is 0.554. The van der Waals surface area contributed by atoms with Crippen molar-refractivity contribution in [2.45, 2.75) is 39.2 Å². The summed E-state index contributed by atoms with van der Waals surface area (Å²) in [7, 11) is 2.11. The van der Waals surface area contributed by atoms with Crippen LogP contribution in [0.25, 0.3) is 0 Å². The third-order valence-corrected chi connectivity index (χ3v) is 4.76. The average molecular weight is 279 g/mol. The molecule has 1 nitrogen and oxygen atoms in total. The van der Waals surface area contributed by atoms with Gasteiger partial charge in [-0.3, -0.25) is 0 Å². The van der Waals surface area contributed by atoms with Crippen LogP contribution in [-0.4, -0.2) is 13.1 Å². The monoisotopic (exact) mass is 279 g/mol. The van der Waals surface area contributed by atoms with E-state index in [1.807, 2.05) is 0 Å². The van der Waals surface area contributed by atoms with Crippen molar-refractivity contribution in [2.24, 2.45) is 5.92 Å². The fraction of sp³-hybridized carbons (Fsp3) is 0.400. The van der Waals surface area contributed by atoms with Gasteiger partial charge >= 0.3 is 0 Å². The molecule has 2 aromatic rings. The van der Waals surface area contributed by atoms with E-state index in [2.05, 4.69) is 68.7 Å². The second kappa shape index (κ2) is 6.03. The van der Waals surface area contributed by atoms with Crippen molar-refractivity contribution in [1.82, 2.24) is 5.32 Å². The molecule has 0 fully saturated rings. The Bertz CT molecular complexity index is 584. The van der Waals surface area contributed by atoms with Crippen LogP contribution in [0, 0.1) is 19.8 Å². The van der Waals surface area contributed by atoms with E-state index in [9.17, 15) is 0 Å². The number of aryl methyl sites for hydroxylation is 2. The van der Waals surface area contributed by atoms with Crippen LogP contribution >= 0.6 is 0 Å². The molecule has 0 amide bonds. The molecule has 1 aliphatic rings. The van der Waals surface area contributed by atoms with Gasteiger partial charge in [0.15, 0.2) is 0 Å². The number of benzene rings is 2. The van der Waals surface area contributed by atoms with Gasteiger partial charge in [-0.25, -0.2) is 0 Å². The molecule has 0 spiro atoms. The zero-order valence-corrected chi connectivity index (χ0v) is 13.3. The maximum absolute atomic E-state index is 3.57. The lowest BCUT2D eigenvalue weighted by atomic mass is 9.90. The maximum atomic E-state index is 3.57. The van der Waals surface area contributed by atoms with E-state index >= 15 is 0 Å². The first-order chi connectivity index (χ1) is 10.2. The van der Waals surface area contributed by atoms with Crippen LogP contribution in [0.15, 0.2) is 42.5 Å². The largest absolute Gasteiger partial charge is 0.316 e. The molecule has 3 rings (SSSR count). The summed E-state index contributed by atoms with van der Waals surface area (Å²) in [6, 6.07) is 16.4. The number of likely N-dealkylation sites (N-methyl/N-ethyl adjacent to an activating group) is 1. The molecule has 21 heavy (non-hydrogen) atoms. The lowest BCUT2D eigenvalue weighted by Crippen LogP contribution is -2.36. The molecule has 1 atom stereocenters. The second-order valence-corrected chi connectivity index (χ2v) is 6.53. The molecule has 0 saturated carbocycles. The van der Waals surface area contributed by atoms with Gasteiger partial charge in [-0.2, -0.15) is 0 Å². The molecule has 0 radical (unpaired) electrons. The minimum Gasteiger partial charge on any atom is -0.316 e. The summed E-state index contributed by atoms with van der Waals surface area (Å²) in [5.74, 6) is 0.716. The van der Waals surface area contributed by atoms with Gasteiger partial charge < -0.3 is 5.32 Å². The Kier molecular flexibility index (Phi) is 4.12. The van der Waals surface area contributed by atoms with E-state index in [0.29, 0.717) is 12.0 Å². The van der Waals surface area contributed by atoms with Gasteiger partial charge in [0.25, 0.3) is 0 Å². The van der Waals surface area contributed by atoms with E-state index in [-0.39, 0.29) is 0 Å². The first kappa shape index (κ1) is 14.3. The molecule has 0 bridgehead atoms. The highest BCUT2D eigenvalue weighted by atomic mass is 14.9. The summed E-state index contributed by atoms with van der Waals surface area (Å²) in [4.78, 5) is 0. The summed E-state index contributed by atoms with van der Waals surface area (Å²) in [6.45, 7) is 4.38. The third kappa shape index (κ3) is 3.19. The van der Waals surface area contributed by atoms with E-state index in [1.54, 1.807) is 11.1 Å². The van der Waals surface area contributed by atoms with E-state index < -0.39 is 0 Å². The molecule has 0 aromatic heterocycles. The SMILES string of the molecule is CNC(Cc1cc(C)cc(C)c1)C1Cc2ccccc2C1. The molecule has 0 saturated heterocycles. The Labute approximate surface area is 128 Å². The Balaban J connectivity index is 1.75. The quantitative estimate of drug-likeness (QED) is 0.896. The Morgan fingerprint density at radius 2 is 1.57 bits per heavy atom. The molecule has 1 unspecified atom stereocenters. The number of rotatable bonds is 4. The highest BCUT2D eigenvalue weighted by molar-refractivity contribution is 5.34. The summed E-state index contributed by atoms with van der Waals surface area (Å²) >= 11 is 0. The molecule has 1 aliphatic carbocycles. The van der Waals surface area contributed by atoms with E-state index in [0.717, 1.165) is 6.42 Å². The lowest BCUT2D eigenvalue weighted by molar-refractivity contribution is 0.383.